The lowest BCUT2D eigenvalue weighted by Crippen LogP contribution is -2.49. The first-order valence-corrected chi connectivity index (χ1v) is 6.74. The zero-order valence-electron chi connectivity index (χ0n) is 11.1. The van der Waals surface area contributed by atoms with Gasteiger partial charge in [0.2, 0.25) is 0 Å². The summed E-state index contributed by atoms with van der Waals surface area (Å²) in [6.07, 6.45) is -0.130. The van der Waals surface area contributed by atoms with Crippen molar-refractivity contribution in [3.63, 3.8) is 0 Å². The average Bonchev–Trinajstić information content (AvgIpc) is 2.41. The molecule has 5 nitrogen and oxygen atoms in total. The van der Waals surface area contributed by atoms with Crippen molar-refractivity contribution in [2.45, 2.75) is 19.4 Å². The number of amides is 1. The van der Waals surface area contributed by atoms with Gasteiger partial charge in [0.05, 0.1) is 36.3 Å². The van der Waals surface area contributed by atoms with Gasteiger partial charge in [0.1, 0.15) is 0 Å². The van der Waals surface area contributed by atoms with E-state index in [0.717, 1.165) is 5.56 Å². The molecule has 1 atom stereocenters. The molecule has 1 unspecified atom stereocenters. The fraction of sp³-hybridized carbons (Fsp3) is 0.429. The van der Waals surface area contributed by atoms with Gasteiger partial charge in [-0.1, -0.05) is 23.7 Å². The number of morpholine rings is 1. The Kier molecular flexibility index (Phi) is 4.62. The van der Waals surface area contributed by atoms with Crippen molar-refractivity contribution in [3.8, 4) is 0 Å². The van der Waals surface area contributed by atoms with Crippen LogP contribution in [0.3, 0.4) is 0 Å². The van der Waals surface area contributed by atoms with Crippen LogP contribution in [0.5, 0.6) is 0 Å². The molecule has 20 heavy (non-hydrogen) atoms. The van der Waals surface area contributed by atoms with Crippen LogP contribution in [0.1, 0.15) is 22.3 Å². The number of carboxylic acids is 1. The molecular weight excluding hydrogens is 282 g/mol. The highest BCUT2D eigenvalue weighted by molar-refractivity contribution is 6.34. The third kappa shape index (κ3) is 3.11. The van der Waals surface area contributed by atoms with E-state index in [2.05, 4.69) is 0 Å². The lowest BCUT2D eigenvalue weighted by molar-refractivity contribution is -0.139. The number of hydrogen-bond donors (Lipinski definition) is 1. The number of benzene rings is 1. The van der Waals surface area contributed by atoms with E-state index in [1.807, 2.05) is 13.0 Å². The van der Waals surface area contributed by atoms with Crippen LogP contribution < -0.4 is 0 Å². The summed E-state index contributed by atoms with van der Waals surface area (Å²) in [6, 6.07) is 4.80. The SMILES string of the molecule is Cc1cccc(C(=O)N2CCOCC2CC(=O)O)c1Cl. The van der Waals surface area contributed by atoms with Gasteiger partial charge in [-0.3, -0.25) is 9.59 Å². The maximum absolute atomic E-state index is 12.6. The fourth-order valence-electron chi connectivity index (χ4n) is 2.26. The van der Waals surface area contributed by atoms with Crippen molar-refractivity contribution >= 4 is 23.5 Å². The molecule has 0 radical (unpaired) electrons. The summed E-state index contributed by atoms with van der Waals surface area (Å²) < 4.78 is 5.26. The lowest BCUT2D eigenvalue weighted by Gasteiger charge is -2.35. The summed E-state index contributed by atoms with van der Waals surface area (Å²) in [5, 5.41) is 9.33. The minimum atomic E-state index is -0.950. The molecule has 0 aliphatic carbocycles. The summed E-state index contributed by atoms with van der Waals surface area (Å²) in [6.45, 7) is 2.85. The van der Waals surface area contributed by atoms with Crippen molar-refractivity contribution in [3.05, 3.63) is 34.3 Å². The monoisotopic (exact) mass is 297 g/mol. The summed E-state index contributed by atoms with van der Waals surface area (Å²) >= 11 is 6.17. The Labute approximate surface area is 122 Å². The van der Waals surface area contributed by atoms with Gasteiger partial charge in [-0.15, -0.1) is 0 Å². The average molecular weight is 298 g/mol. The molecule has 0 bridgehead atoms. The number of aliphatic carboxylic acids is 1. The third-order valence-corrected chi connectivity index (χ3v) is 3.82. The molecule has 1 aromatic carbocycles. The summed E-state index contributed by atoms with van der Waals surface area (Å²) in [5.41, 5.74) is 1.23. The van der Waals surface area contributed by atoms with Crippen LogP contribution in [-0.4, -0.2) is 47.7 Å². The number of aryl methyl sites for hydroxylation is 1. The summed E-state index contributed by atoms with van der Waals surface area (Å²) in [7, 11) is 0. The van der Waals surface area contributed by atoms with Gasteiger partial charge in [-0.25, -0.2) is 0 Å². The number of nitrogens with zero attached hydrogens (tertiary/aromatic N) is 1. The van der Waals surface area contributed by atoms with E-state index in [0.29, 0.717) is 23.7 Å². The quantitative estimate of drug-likeness (QED) is 0.926. The zero-order chi connectivity index (χ0) is 14.7. The molecule has 0 aromatic heterocycles. The highest BCUT2D eigenvalue weighted by atomic mass is 35.5. The van der Waals surface area contributed by atoms with Crippen molar-refractivity contribution in [2.75, 3.05) is 19.8 Å². The van der Waals surface area contributed by atoms with Crippen LogP contribution >= 0.6 is 11.6 Å². The van der Waals surface area contributed by atoms with E-state index in [4.69, 9.17) is 21.4 Å². The summed E-state index contributed by atoms with van der Waals surface area (Å²) in [5.74, 6) is -1.19. The molecule has 0 saturated carbocycles. The predicted molar refractivity (Wildman–Crippen MR) is 74.1 cm³/mol. The number of halogens is 1. The number of rotatable bonds is 3. The van der Waals surface area contributed by atoms with Crippen molar-refractivity contribution < 1.29 is 19.4 Å². The molecule has 6 heteroatoms. The molecule has 1 saturated heterocycles. The molecule has 1 aliphatic heterocycles. The second-order valence-electron chi connectivity index (χ2n) is 4.76. The molecule has 0 spiro atoms. The van der Waals surface area contributed by atoms with Gasteiger partial charge in [0.25, 0.3) is 5.91 Å². The molecule has 1 N–H and O–H groups in total. The number of ether oxygens (including phenoxy) is 1. The van der Waals surface area contributed by atoms with E-state index in [1.54, 1.807) is 12.1 Å². The first kappa shape index (κ1) is 14.8. The zero-order valence-corrected chi connectivity index (χ0v) is 11.9. The maximum Gasteiger partial charge on any atom is 0.305 e. The largest absolute Gasteiger partial charge is 0.481 e. The van der Waals surface area contributed by atoms with E-state index in [-0.39, 0.29) is 18.9 Å². The second-order valence-corrected chi connectivity index (χ2v) is 5.14. The maximum atomic E-state index is 12.6. The third-order valence-electron chi connectivity index (χ3n) is 3.32. The molecule has 1 fully saturated rings. The summed E-state index contributed by atoms with van der Waals surface area (Å²) in [4.78, 5) is 25.0. The van der Waals surface area contributed by atoms with Gasteiger partial charge in [-0.05, 0) is 18.6 Å². The van der Waals surface area contributed by atoms with Crippen LogP contribution in [0, 0.1) is 6.92 Å². The number of carboxylic acid groups (broad SMARTS) is 1. The van der Waals surface area contributed by atoms with Gasteiger partial charge >= 0.3 is 5.97 Å². The Bertz CT molecular complexity index is 532. The van der Waals surface area contributed by atoms with Crippen molar-refractivity contribution in [1.29, 1.82) is 0 Å². The minimum absolute atomic E-state index is 0.130. The number of hydrogen-bond acceptors (Lipinski definition) is 3. The minimum Gasteiger partial charge on any atom is -0.481 e. The first-order valence-electron chi connectivity index (χ1n) is 6.36. The molecule has 1 heterocycles. The van der Waals surface area contributed by atoms with Crippen LogP contribution in [0.4, 0.5) is 0 Å². The molecule has 2 rings (SSSR count). The van der Waals surface area contributed by atoms with Crippen molar-refractivity contribution in [2.24, 2.45) is 0 Å². The molecule has 108 valence electrons. The van der Waals surface area contributed by atoms with E-state index in [9.17, 15) is 9.59 Å². The predicted octanol–water partition coefficient (Wildman–Crippen LogP) is 1.96. The van der Waals surface area contributed by atoms with E-state index >= 15 is 0 Å². The van der Waals surface area contributed by atoms with Crippen LogP contribution in [0.2, 0.25) is 5.02 Å². The topological polar surface area (TPSA) is 66.8 Å². The normalized spacial score (nSPS) is 18.9. The fourth-order valence-corrected chi connectivity index (χ4v) is 2.47. The molecule has 1 aromatic rings. The highest BCUT2D eigenvalue weighted by Gasteiger charge is 2.30. The van der Waals surface area contributed by atoms with Gasteiger partial charge in [0, 0.05) is 6.54 Å². The van der Waals surface area contributed by atoms with E-state index in [1.165, 1.54) is 4.90 Å². The Morgan fingerprint density at radius 2 is 2.25 bits per heavy atom. The molecule has 1 amide bonds. The highest BCUT2D eigenvalue weighted by Crippen LogP contribution is 2.24. The van der Waals surface area contributed by atoms with Gasteiger partial charge in [0.15, 0.2) is 0 Å². The first-order chi connectivity index (χ1) is 9.50. The Balaban J connectivity index is 2.25. The molecular formula is C14H16ClNO4. The Hall–Kier alpha value is -1.59. The van der Waals surface area contributed by atoms with Crippen LogP contribution in [0.15, 0.2) is 18.2 Å². The number of carbonyl (C=O) groups excluding carboxylic acids is 1. The van der Waals surface area contributed by atoms with Crippen LogP contribution in [-0.2, 0) is 9.53 Å². The Morgan fingerprint density at radius 3 is 2.95 bits per heavy atom. The second kappa shape index (κ2) is 6.24. The van der Waals surface area contributed by atoms with Crippen LogP contribution in [0.25, 0.3) is 0 Å². The van der Waals surface area contributed by atoms with E-state index < -0.39 is 12.0 Å². The Morgan fingerprint density at radius 1 is 1.50 bits per heavy atom. The molecule has 1 aliphatic rings. The lowest BCUT2D eigenvalue weighted by atomic mass is 10.1. The van der Waals surface area contributed by atoms with Gasteiger partial charge < -0.3 is 14.7 Å². The standard InChI is InChI=1S/C14H16ClNO4/c1-9-3-2-4-11(13(9)15)14(19)16-5-6-20-8-10(16)7-12(17)18/h2-4,10H,5-8H2,1H3,(H,17,18). The van der Waals surface area contributed by atoms with Gasteiger partial charge in [-0.2, -0.15) is 0 Å². The number of carbonyl (C=O) groups is 2. The van der Waals surface area contributed by atoms with Crippen molar-refractivity contribution in [1.82, 2.24) is 4.90 Å². The smallest absolute Gasteiger partial charge is 0.305 e.